The van der Waals surface area contributed by atoms with E-state index in [1.54, 1.807) is 0 Å². The van der Waals surface area contributed by atoms with E-state index in [0.717, 1.165) is 30.1 Å². The van der Waals surface area contributed by atoms with Crippen molar-refractivity contribution in [1.82, 2.24) is 19.5 Å². The molecule has 0 spiro atoms. The fourth-order valence-electron chi connectivity index (χ4n) is 2.93. The maximum atomic E-state index is 9.63. The van der Waals surface area contributed by atoms with E-state index in [1.807, 2.05) is 6.33 Å². The predicted octanol–water partition coefficient (Wildman–Crippen LogP) is 1.67. The van der Waals surface area contributed by atoms with Crippen molar-refractivity contribution in [3.05, 3.63) is 6.33 Å². The van der Waals surface area contributed by atoms with Gasteiger partial charge in [0.25, 0.3) is 0 Å². The van der Waals surface area contributed by atoms with Crippen molar-refractivity contribution in [2.45, 2.75) is 39.8 Å². The Hall–Kier alpha value is -1.93. The Morgan fingerprint density at radius 3 is 2.52 bits per heavy atom. The Balaban J connectivity index is 2.05. The zero-order valence-corrected chi connectivity index (χ0v) is 15.4. The Kier molecular flexibility index (Phi) is 5.39. The molecule has 0 aliphatic carbocycles. The van der Waals surface area contributed by atoms with Gasteiger partial charge in [-0.3, -0.25) is 0 Å². The molecule has 1 aliphatic heterocycles. The molecular weight excluding hydrogens is 320 g/mol. The van der Waals surface area contributed by atoms with Crippen molar-refractivity contribution in [2.75, 3.05) is 43.1 Å². The first-order valence-electron chi connectivity index (χ1n) is 8.96. The summed E-state index contributed by atoms with van der Waals surface area (Å²) in [7, 11) is 0. The van der Waals surface area contributed by atoms with Gasteiger partial charge in [-0.15, -0.1) is 0 Å². The van der Waals surface area contributed by atoms with Gasteiger partial charge in [0.15, 0.2) is 17.0 Å². The zero-order valence-electron chi connectivity index (χ0n) is 15.4. The summed E-state index contributed by atoms with van der Waals surface area (Å²) in [6, 6.07) is 0.162. The van der Waals surface area contributed by atoms with Gasteiger partial charge < -0.3 is 24.6 Å². The second kappa shape index (κ2) is 7.53. The molecule has 3 heterocycles. The third-order valence-corrected chi connectivity index (χ3v) is 4.59. The van der Waals surface area contributed by atoms with E-state index in [1.165, 1.54) is 0 Å². The number of rotatable bonds is 6. The number of imidazole rings is 1. The average molecular weight is 348 g/mol. The molecule has 1 fully saturated rings. The fraction of sp³-hybridized carbons (Fsp3) is 0.706. The molecule has 2 aromatic rings. The highest BCUT2D eigenvalue weighted by molar-refractivity contribution is 5.85. The highest BCUT2D eigenvalue weighted by atomic mass is 16.5. The molecule has 1 saturated heterocycles. The van der Waals surface area contributed by atoms with Gasteiger partial charge in [-0.1, -0.05) is 13.8 Å². The molecule has 0 saturated carbocycles. The van der Waals surface area contributed by atoms with Crippen LogP contribution in [0.2, 0.25) is 0 Å². The number of aliphatic hydroxyl groups is 1. The van der Waals surface area contributed by atoms with Crippen LogP contribution < -0.4 is 10.2 Å². The number of anilines is 2. The molecule has 1 atom stereocenters. The van der Waals surface area contributed by atoms with Crippen molar-refractivity contribution >= 4 is 22.9 Å². The van der Waals surface area contributed by atoms with E-state index in [2.05, 4.69) is 47.5 Å². The van der Waals surface area contributed by atoms with Crippen LogP contribution in [0, 0.1) is 5.92 Å². The molecule has 1 aliphatic rings. The van der Waals surface area contributed by atoms with Crippen molar-refractivity contribution in [1.29, 1.82) is 0 Å². The summed E-state index contributed by atoms with van der Waals surface area (Å²) < 4.78 is 7.51. The predicted molar refractivity (Wildman–Crippen MR) is 98.1 cm³/mol. The van der Waals surface area contributed by atoms with E-state index < -0.39 is 0 Å². The summed E-state index contributed by atoms with van der Waals surface area (Å²) in [6.45, 7) is 11.3. The highest BCUT2D eigenvalue weighted by Gasteiger charge is 2.22. The van der Waals surface area contributed by atoms with Crippen LogP contribution in [0.25, 0.3) is 11.2 Å². The first-order valence-corrected chi connectivity index (χ1v) is 8.96. The number of aromatic nitrogens is 4. The lowest BCUT2D eigenvalue weighted by Gasteiger charge is -2.28. The van der Waals surface area contributed by atoms with E-state index in [4.69, 9.17) is 14.7 Å². The number of nitrogens with one attached hydrogen (secondary N) is 1. The van der Waals surface area contributed by atoms with Crippen molar-refractivity contribution in [3.8, 4) is 0 Å². The Labute approximate surface area is 148 Å². The maximum Gasteiger partial charge on any atom is 0.227 e. The largest absolute Gasteiger partial charge is 0.394 e. The summed E-state index contributed by atoms with van der Waals surface area (Å²) in [5.41, 5.74) is 1.63. The smallest absolute Gasteiger partial charge is 0.227 e. The molecule has 8 nitrogen and oxygen atoms in total. The lowest BCUT2D eigenvalue weighted by atomic mass is 10.1. The molecule has 0 radical (unpaired) electrons. The summed E-state index contributed by atoms with van der Waals surface area (Å²) >= 11 is 0. The molecule has 25 heavy (non-hydrogen) atoms. The third-order valence-electron chi connectivity index (χ3n) is 4.59. The van der Waals surface area contributed by atoms with Crippen LogP contribution in [-0.2, 0) is 4.74 Å². The van der Waals surface area contributed by atoms with E-state index >= 15 is 0 Å². The first-order chi connectivity index (χ1) is 12.0. The molecule has 3 rings (SSSR count). The number of fused-ring (bicyclic) bond motifs is 1. The van der Waals surface area contributed by atoms with Gasteiger partial charge in [0, 0.05) is 19.1 Å². The van der Waals surface area contributed by atoms with Gasteiger partial charge in [-0.25, -0.2) is 4.98 Å². The number of hydrogen-bond acceptors (Lipinski definition) is 7. The van der Waals surface area contributed by atoms with E-state index in [0.29, 0.717) is 19.2 Å². The number of morpholine rings is 1. The molecule has 0 aromatic carbocycles. The lowest BCUT2D eigenvalue weighted by molar-refractivity contribution is 0.122. The summed E-state index contributed by atoms with van der Waals surface area (Å²) in [4.78, 5) is 16.2. The van der Waals surface area contributed by atoms with Crippen LogP contribution in [0.3, 0.4) is 0 Å². The number of nitrogens with zero attached hydrogens (tertiary/aromatic N) is 5. The van der Waals surface area contributed by atoms with Gasteiger partial charge in [0.05, 0.1) is 32.2 Å². The van der Waals surface area contributed by atoms with Crippen LogP contribution in [-0.4, -0.2) is 63.6 Å². The molecule has 2 aromatic heterocycles. The quantitative estimate of drug-likeness (QED) is 0.821. The first kappa shape index (κ1) is 17.9. The Morgan fingerprint density at radius 2 is 1.92 bits per heavy atom. The van der Waals surface area contributed by atoms with Crippen molar-refractivity contribution in [2.24, 2.45) is 5.92 Å². The van der Waals surface area contributed by atoms with Gasteiger partial charge in [-0.05, 0) is 19.8 Å². The monoisotopic (exact) mass is 348 g/mol. The topological polar surface area (TPSA) is 88.3 Å². The van der Waals surface area contributed by atoms with Crippen LogP contribution in [0.5, 0.6) is 0 Å². The SMILES string of the molecule is CC(C)C(CO)Nc1nc(N2CCOCC2)c2ncn(C(C)C)c2n1. The third kappa shape index (κ3) is 3.69. The number of aliphatic hydroxyl groups excluding tert-OH is 1. The highest BCUT2D eigenvalue weighted by Crippen LogP contribution is 2.27. The van der Waals surface area contributed by atoms with Crippen LogP contribution >= 0.6 is 0 Å². The van der Waals surface area contributed by atoms with Gasteiger partial charge in [-0.2, -0.15) is 9.97 Å². The second-order valence-electron chi connectivity index (χ2n) is 7.07. The molecule has 0 amide bonds. The van der Waals surface area contributed by atoms with E-state index in [9.17, 15) is 5.11 Å². The Morgan fingerprint density at radius 1 is 1.20 bits per heavy atom. The minimum atomic E-state index is -0.0922. The standard InChI is InChI=1S/C17H28N6O2/c1-11(2)13(9-24)19-17-20-15(22-5-7-25-8-6-22)14-16(21-17)23(10-18-14)12(3)4/h10-13,24H,5-9H2,1-4H3,(H,19,20,21). The van der Waals surface area contributed by atoms with Gasteiger partial charge in [0.2, 0.25) is 5.95 Å². The van der Waals surface area contributed by atoms with Gasteiger partial charge in [0.1, 0.15) is 0 Å². The summed E-state index contributed by atoms with van der Waals surface area (Å²) in [5, 5.41) is 12.9. The van der Waals surface area contributed by atoms with Crippen LogP contribution in [0.1, 0.15) is 33.7 Å². The lowest BCUT2D eigenvalue weighted by Crippen LogP contribution is -2.37. The maximum absolute atomic E-state index is 9.63. The van der Waals surface area contributed by atoms with Crippen LogP contribution in [0.15, 0.2) is 6.33 Å². The average Bonchev–Trinajstić information content (AvgIpc) is 3.03. The molecule has 1 unspecified atom stereocenters. The zero-order chi connectivity index (χ0) is 18.0. The summed E-state index contributed by atoms with van der Waals surface area (Å²) in [6.07, 6.45) is 1.82. The normalized spacial score (nSPS) is 16.8. The number of hydrogen-bond donors (Lipinski definition) is 2. The number of ether oxygens (including phenoxy) is 1. The molecule has 0 bridgehead atoms. The van der Waals surface area contributed by atoms with Crippen LogP contribution in [0.4, 0.5) is 11.8 Å². The van der Waals surface area contributed by atoms with Crippen molar-refractivity contribution in [3.63, 3.8) is 0 Å². The fourth-order valence-corrected chi connectivity index (χ4v) is 2.93. The molecule has 8 heteroatoms. The minimum absolute atomic E-state index is 0.0371. The molecule has 2 N–H and O–H groups in total. The molecular formula is C17H28N6O2. The van der Waals surface area contributed by atoms with Gasteiger partial charge >= 0.3 is 0 Å². The molecule has 138 valence electrons. The summed E-state index contributed by atoms with van der Waals surface area (Å²) in [5.74, 6) is 1.63. The second-order valence-corrected chi connectivity index (χ2v) is 7.07. The van der Waals surface area contributed by atoms with Crippen molar-refractivity contribution < 1.29 is 9.84 Å². The van der Waals surface area contributed by atoms with E-state index in [-0.39, 0.29) is 24.6 Å². The Bertz CT molecular complexity index is 708. The minimum Gasteiger partial charge on any atom is -0.394 e.